The van der Waals surface area contributed by atoms with Gasteiger partial charge in [-0.15, -0.1) is 11.3 Å². The maximum Gasteiger partial charge on any atom is 0.113 e. The van der Waals surface area contributed by atoms with E-state index in [1.54, 1.807) is 4.88 Å². The minimum Gasteiger partial charge on any atom is -0.319 e. The van der Waals surface area contributed by atoms with E-state index in [1.165, 1.54) is 68.5 Å². The molecule has 2 N–H and O–H groups in total. The Morgan fingerprint density at radius 2 is 1.89 bits per heavy atom. The summed E-state index contributed by atoms with van der Waals surface area (Å²) in [6, 6.07) is 0. The Bertz CT molecular complexity index is 454. The monoisotopic (exact) mass is 276 g/mol. The van der Waals surface area contributed by atoms with E-state index in [0.29, 0.717) is 0 Å². The Labute approximate surface area is 119 Å². The van der Waals surface area contributed by atoms with Crippen molar-refractivity contribution in [3.8, 4) is 0 Å². The number of aryl methyl sites for hydroxylation is 2. The van der Waals surface area contributed by atoms with Crippen molar-refractivity contribution >= 4 is 11.3 Å². The quantitative estimate of drug-likeness (QED) is 0.893. The van der Waals surface area contributed by atoms with Crippen molar-refractivity contribution in [1.82, 2.24) is 4.98 Å². The molecule has 3 heteroatoms. The number of nitrogens with zero attached hydrogens (tertiary/aromatic N) is 1. The molecule has 3 aliphatic carbocycles. The van der Waals surface area contributed by atoms with E-state index in [9.17, 15) is 0 Å². The number of rotatable bonds is 2. The molecule has 1 aromatic heterocycles. The molecule has 3 aliphatic rings. The van der Waals surface area contributed by atoms with E-state index >= 15 is 0 Å². The standard InChI is InChI=1S/C16H24N2S/c17-16(9-3-4-12(10-16)11-7-8-11)15-18-13-5-1-2-6-14(13)19-15/h11-12H,1-10,17H2. The van der Waals surface area contributed by atoms with Gasteiger partial charge < -0.3 is 5.73 Å². The molecule has 2 fully saturated rings. The molecular weight excluding hydrogens is 252 g/mol. The highest BCUT2D eigenvalue weighted by Crippen LogP contribution is 2.49. The smallest absolute Gasteiger partial charge is 0.113 e. The zero-order valence-corrected chi connectivity index (χ0v) is 12.5. The first-order chi connectivity index (χ1) is 9.24. The molecule has 104 valence electrons. The molecule has 19 heavy (non-hydrogen) atoms. The minimum atomic E-state index is -0.0898. The zero-order valence-electron chi connectivity index (χ0n) is 11.7. The lowest BCUT2D eigenvalue weighted by Crippen LogP contribution is -2.41. The Balaban J connectivity index is 1.60. The minimum absolute atomic E-state index is 0.0898. The van der Waals surface area contributed by atoms with Gasteiger partial charge in [-0.1, -0.05) is 12.8 Å². The zero-order chi connectivity index (χ0) is 12.9. The van der Waals surface area contributed by atoms with Crippen LogP contribution in [0, 0.1) is 11.8 Å². The maximum absolute atomic E-state index is 6.80. The summed E-state index contributed by atoms with van der Waals surface area (Å²) in [5.74, 6) is 1.89. The fraction of sp³-hybridized carbons (Fsp3) is 0.812. The first kappa shape index (κ1) is 12.3. The van der Waals surface area contributed by atoms with Gasteiger partial charge in [-0.2, -0.15) is 0 Å². The molecule has 1 aromatic rings. The van der Waals surface area contributed by atoms with E-state index in [-0.39, 0.29) is 5.54 Å². The lowest BCUT2D eigenvalue weighted by Gasteiger charge is -2.36. The molecule has 2 unspecified atom stereocenters. The number of hydrogen-bond donors (Lipinski definition) is 1. The molecule has 0 aromatic carbocycles. The van der Waals surface area contributed by atoms with E-state index in [0.717, 1.165) is 18.3 Å². The number of thiazole rings is 1. The van der Waals surface area contributed by atoms with Gasteiger partial charge in [0.1, 0.15) is 5.01 Å². The van der Waals surface area contributed by atoms with E-state index in [1.807, 2.05) is 11.3 Å². The highest BCUT2D eigenvalue weighted by Gasteiger charge is 2.42. The van der Waals surface area contributed by atoms with Gasteiger partial charge in [-0.05, 0) is 63.2 Å². The van der Waals surface area contributed by atoms with Crippen LogP contribution in [-0.4, -0.2) is 4.98 Å². The van der Waals surface area contributed by atoms with Crippen LogP contribution in [0.5, 0.6) is 0 Å². The summed E-state index contributed by atoms with van der Waals surface area (Å²) < 4.78 is 0. The van der Waals surface area contributed by atoms with Crippen molar-refractivity contribution < 1.29 is 0 Å². The van der Waals surface area contributed by atoms with Crippen LogP contribution in [0.1, 0.15) is 66.9 Å². The summed E-state index contributed by atoms with van der Waals surface area (Å²) in [7, 11) is 0. The largest absolute Gasteiger partial charge is 0.319 e. The molecular formula is C16H24N2S. The van der Waals surface area contributed by atoms with Crippen LogP contribution in [0.2, 0.25) is 0 Å². The van der Waals surface area contributed by atoms with E-state index < -0.39 is 0 Å². The van der Waals surface area contributed by atoms with Crippen molar-refractivity contribution in [2.24, 2.45) is 17.6 Å². The SMILES string of the molecule is NC1(c2nc3c(s2)CCCC3)CCCC(C2CC2)C1. The number of fused-ring (bicyclic) bond motifs is 1. The predicted molar refractivity (Wildman–Crippen MR) is 79.3 cm³/mol. The van der Waals surface area contributed by atoms with Gasteiger partial charge in [0, 0.05) is 4.88 Å². The van der Waals surface area contributed by atoms with Crippen LogP contribution >= 0.6 is 11.3 Å². The predicted octanol–water partition coefficient (Wildman–Crippen LogP) is 3.78. The van der Waals surface area contributed by atoms with Crippen LogP contribution in [0.15, 0.2) is 0 Å². The second kappa shape index (κ2) is 4.56. The third-order valence-electron chi connectivity index (χ3n) is 5.38. The second-order valence-electron chi connectivity index (χ2n) is 6.95. The van der Waals surface area contributed by atoms with Gasteiger partial charge in [-0.3, -0.25) is 0 Å². The summed E-state index contributed by atoms with van der Waals surface area (Å²) >= 11 is 1.94. The fourth-order valence-electron chi connectivity index (χ4n) is 4.08. The van der Waals surface area contributed by atoms with Gasteiger partial charge in [0.05, 0.1) is 11.2 Å². The number of hydrogen-bond acceptors (Lipinski definition) is 3. The molecule has 1 heterocycles. The summed E-state index contributed by atoms with van der Waals surface area (Å²) in [5.41, 5.74) is 8.09. The van der Waals surface area contributed by atoms with Crippen LogP contribution in [0.25, 0.3) is 0 Å². The molecule has 2 saturated carbocycles. The van der Waals surface area contributed by atoms with E-state index in [4.69, 9.17) is 10.7 Å². The molecule has 0 aliphatic heterocycles. The summed E-state index contributed by atoms with van der Waals surface area (Å²) in [6.45, 7) is 0. The van der Waals surface area contributed by atoms with Crippen molar-refractivity contribution in [2.75, 3.05) is 0 Å². The van der Waals surface area contributed by atoms with Crippen molar-refractivity contribution in [3.63, 3.8) is 0 Å². The Morgan fingerprint density at radius 3 is 2.68 bits per heavy atom. The molecule has 0 saturated heterocycles. The van der Waals surface area contributed by atoms with Crippen LogP contribution in [0.4, 0.5) is 0 Å². The van der Waals surface area contributed by atoms with Gasteiger partial charge >= 0.3 is 0 Å². The Morgan fingerprint density at radius 1 is 1.05 bits per heavy atom. The molecule has 0 bridgehead atoms. The second-order valence-corrected chi connectivity index (χ2v) is 8.03. The van der Waals surface area contributed by atoms with Crippen molar-refractivity contribution in [1.29, 1.82) is 0 Å². The molecule has 0 spiro atoms. The van der Waals surface area contributed by atoms with Crippen LogP contribution in [0.3, 0.4) is 0 Å². The Hall–Kier alpha value is -0.410. The van der Waals surface area contributed by atoms with Crippen molar-refractivity contribution in [2.45, 2.75) is 69.7 Å². The molecule has 2 nitrogen and oxygen atoms in total. The molecule has 2 atom stereocenters. The number of aromatic nitrogens is 1. The van der Waals surface area contributed by atoms with Crippen LogP contribution < -0.4 is 5.73 Å². The lowest BCUT2D eigenvalue weighted by molar-refractivity contribution is 0.206. The summed E-state index contributed by atoms with van der Waals surface area (Å²) in [6.07, 6.45) is 13.1. The maximum atomic E-state index is 6.80. The first-order valence-electron chi connectivity index (χ1n) is 8.02. The average molecular weight is 276 g/mol. The third-order valence-corrected chi connectivity index (χ3v) is 6.76. The molecule has 0 radical (unpaired) electrons. The highest BCUT2D eigenvalue weighted by atomic mass is 32.1. The van der Waals surface area contributed by atoms with Crippen molar-refractivity contribution in [3.05, 3.63) is 15.6 Å². The van der Waals surface area contributed by atoms with Crippen LogP contribution in [-0.2, 0) is 18.4 Å². The van der Waals surface area contributed by atoms with E-state index in [2.05, 4.69) is 0 Å². The third kappa shape index (κ3) is 2.25. The summed E-state index contributed by atoms with van der Waals surface area (Å²) in [5, 5.41) is 1.27. The Kier molecular flexibility index (Phi) is 2.96. The average Bonchev–Trinajstić information content (AvgIpc) is 3.17. The fourth-order valence-corrected chi connectivity index (χ4v) is 5.37. The normalized spacial score (nSPS) is 35.1. The lowest BCUT2D eigenvalue weighted by atomic mass is 9.74. The molecule has 0 amide bonds. The van der Waals surface area contributed by atoms with Gasteiger partial charge in [-0.25, -0.2) is 4.98 Å². The number of nitrogens with two attached hydrogens (primary N) is 1. The highest BCUT2D eigenvalue weighted by molar-refractivity contribution is 7.11. The first-order valence-corrected chi connectivity index (χ1v) is 8.84. The summed E-state index contributed by atoms with van der Waals surface area (Å²) in [4.78, 5) is 6.50. The molecule has 4 rings (SSSR count). The van der Waals surface area contributed by atoms with Gasteiger partial charge in [0.2, 0.25) is 0 Å². The van der Waals surface area contributed by atoms with Gasteiger partial charge in [0.25, 0.3) is 0 Å². The topological polar surface area (TPSA) is 38.9 Å². The van der Waals surface area contributed by atoms with Gasteiger partial charge in [0.15, 0.2) is 0 Å².